The molecule has 0 saturated carbocycles. The predicted molar refractivity (Wildman–Crippen MR) is 83.6 cm³/mol. The Morgan fingerprint density at radius 1 is 1.14 bits per heavy atom. The fourth-order valence-electron chi connectivity index (χ4n) is 2.41. The number of carbonyl (C=O) groups is 1. The van der Waals surface area contributed by atoms with Gasteiger partial charge >= 0.3 is 0 Å². The van der Waals surface area contributed by atoms with Crippen molar-refractivity contribution in [2.24, 2.45) is 0 Å². The third-order valence-electron chi connectivity index (χ3n) is 3.41. The Bertz CT molecular complexity index is 777. The molecule has 3 rings (SSSR count). The van der Waals surface area contributed by atoms with Crippen molar-refractivity contribution in [2.75, 3.05) is 12.4 Å². The predicted octanol–water partition coefficient (Wildman–Crippen LogP) is 3.36. The van der Waals surface area contributed by atoms with E-state index in [1.165, 1.54) is 0 Å². The van der Waals surface area contributed by atoms with Crippen LogP contribution in [-0.2, 0) is 11.2 Å². The summed E-state index contributed by atoms with van der Waals surface area (Å²) in [7, 11) is 1.61. The van der Waals surface area contributed by atoms with Crippen molar-refractivity contribution in [2.45, 2.75) is 6.42 Å². The minimum absolute atomic E-state index is 0.0619. The van der Waals surface area contributed by atoms with Crippen LogP contribution in [0.3, 0.4) is 0 Å². The van der Waals surface area contributed by atoms with Crippen LogP contribution in [0.2, 0.25) is 0 Å². The lowest BCUT2D eigenvalue weighted by molar-refractivity contribution is -0.115. The van der Waals surface area contributed by atoms with Crippen LogP contribution in [0.15, 0.2) is 54.7 Å². The van der Waals surface area contributed by atoms with Crippen molar-refractivity contribution < 1.29 is 9.53 Å². The number of hydrogen-bond donors (Lipinski definition) is 2. The van der Waals surface area contributed by atoms with E-state index in [-0.39, 0.29) is 12.3 Å². The van der Waals surface area contributed by atoms with Gasteiger partial charge in [-0.2, -0.15) is 0 Å². The Morgan fingerprint density at radius 2 is 2.00 bits per heavy atom. The van der Waals surface area contributed by atoms with Crippen LogP contribution < -0.4 is 10.1 Å². The van der Waals surface area contributed by atoms with Gasteiger partial charge in [-0.05, 0) is 24.3 Å². The molecular weight excluding hydrogens is 264 g/mol. The molecule has 0 saturated heterocycles. The van der Waals surface area contributed by atoms with Crippen molar-refractivity contribution in [3.8, 4) is 5.75 Å². The van der Waals surface area contributed by atoms with Crippen LogP contribution >= 0.6 is 0 Å². The topological polar surface area (TPSA) is 54.1 Å². The number of carbonyl (C=O) groups excluding carboxylic acids is 1. The molecule has 1 aromatic heterocycles. The second-order valence-corrected chi connectivity index (χ2v) is 4.78. The number of para-hydroxylation sites is 1. The number of aromatic amines is 1. The van der Waals surface area contributed by atoms with Crippen LogP contribution in [0.4, 0.5) is 5.69 Å². The zero-order valence-electron chi connectivity index (χ0n) is 11.7. The second-order valence-electron chi connectivity index (χ2n) is 4.78. The van der Waals surface area contributed by atoms with Gasteiger partial charge in [-0.15, -0.1) is 0 Å². The molecule has 4 nitrogen and oxygen atoms in total. The summed E-state index contributed by atoms with van der Waals surface area (Å²) in [6, 6.07) is 15.3. The number of fused-ring (bicyclic) bond motifs is 1. The van der Waals surface area contributed by atoms with E-state index in [0.29, 0.717) is 0 Å². The summed E-state index contributed by atoms with van der Waals surface area (Å²) in [6.45, 7) is 0. The van der Waals surface area contributed by atoms with Gasteiger partial charge in [-0.1, -0.05) is 24.3 Å². The van der Waals surface area contributed by atoms with Gasteiger partial charge in [0.1, 0.15) is 5.75 Å². The summed E-state index contributed by atoms with van der Waals surface area (Å²) in [5.74, 6) is 0.667. The second kappa shape index (κ2) is 5.71. The molecular formula is C17H16N2O2. The van der Waals surface area contributed by atoms with Gasteiger partial charge < -0.3 is 15.0 Å². The minimum atomic E-state index is -0.0619. The van der Waals surface area contributed by atoms with E-state index in [9.17, 15) is 4.79 Å². The molecule has 0 spiro atoms. The summed E-state index contributed by atoms with van der Waals surface area (Å²) >= 11 is 0. The molecule has 0 bridgehead atoms. The summed E-state index contributed by atoms with van der Waals surface area (Å²) in [5.41, 5.74) is 2.69. The number of anilines is 1. The molecule has 2 N–H and O–H groups in total. The van der Waals surface area contributed by atoms with Gasteiger partial charge in [-0.3, -0.25) is 4.79 Å². The molecule has 21 heavy (non-hydrogen) atoms. The normalized spacial score (nSPS) is 10.5. The average molecular weight is 280 g/mol. The maximum Gasteiger partial charge on any atom is 0.228 e. The Kier molecular flexibility index (Phi) is 3.60. The molecule has 0 aliphatic heterocycles. The van der Waals surface area contributed by atoms with Crippen LogP contribution in [0.25, 0.3) is 10.9 Å². The van der Waals surface area contributed by atoms with Crippen LogP contribution in [0.5, 0.6) is 5.75 Å². The highest BCUT2D eigenvalue weighted by Gasteiger charge is 2.10. The summed E-state index contributed by atoms with van der Waals surface area (Å²) in [5, 5.41) is 3.96. The first kappa shape index (κ1) is 13.2. The lowest BCUT2D eigenvalue weighted by atomic mass is 10.1. The zero-order valence-corrected chi connectivity index (χ0v) is 11.7. The van der Waals surface area contributed by atoms with Crippen LogP contribution in [0.1, 0.15) is 5.56 Å². The van der Waals surface area contributed by atoms with Gasteiger partial charge in [-0.25, -0.2) is 0 Å². The van der Waals surface area contributed by atoms with Crippen molar-refractivity contribution in [3.63, 3.8) is 0 Å². The number of methoxy groups -OCH3 is 1. The number of hydrogen-bond acceptors (Lipinski definition) is 2. The molecule has 3 aromatic rings. The SMILES string of the molecule is COc1ccccc1CC(=O)Nc1cccc2[nH]ccc12. The van der Waals surface area contributed by atoms with Gasteiger partial charge in [0.2, 0.25) is 5.91 Å². The first-order valence-electron chi connectivity index (χ1n) is 6.76. The molecule has 0 fully saturated rings. The molecule has 2 aromatic carbocycles. The van der Waals surface area contributed by atoms with Crippen LogP contribution in [-0.4, -0.2) is 18.0 Å². The Hall–Kier alpha value is -2.75. The highest BCUT2D eigenvalue weighted by molar-refractivity contribution is 6.01. The molecule has 106 valence electrons. The van der Waals surface area contributed by atoms with Crippen molar-refractivity contribution in [1.29, 1.82) is 0 Å². The number of H-pyrrole nitrogens is 1. The lowest BCUT2D eigenvalue weighted by Crippen LogP contribution is -2.15. The van der Waals surface area contributed by atoms with E-state index in [1.54, 1.807) is 7.11 Å². The first-order chi connectivity index (χ1) is 10.3. The van der Waals surface area contributed by atoms with Gasteiger partial charge in [0.15, 0.2) is 0 Å². The molecule has 0 aliphatic rings. The van der Waals surface area contributed by atoms with Crippen LogP contribution in [0, 0.1) is 0 Å². The number of nitrogens with one attached hydrogen (secondary N) is 2. The number of ether oxygens (including phenoxy) is 1. The molecule has 0 unspecified atom stereocenters. The Labute approximate surface area is 122 Å². The van der Waals surface area contributed by atoms with Crippen molar-refractivity contribution >= 4 is 22.5 Å². The van der Waals surface area contributed by atoms with Gasteiger partial charge in [0, 0.05) is 22.7 Å². The maximum atomic E-state index is 12.2. The van der Waals surface area contributed by atoms with Gasteiger partial charge in [0.05, 0.1) is 19.2 Å². The summed E-state index contributed by atoms with van der Waals surface area (Å²) in [4.78, 5) is 15.4. The number of benzene rings is 2. The zero-order chi connectivity index (χ0) is 14.7. The third kappa shape index (κ3) is 2.74. The Balaban J connectivity index is 1.79. The van der Waals surface area contributed by atoms with E-state index in [4.69, 9.17) is 4.74 Å². The monoisotopic (exact) mass is 280 g/mol. The molecule has 1 amide bonds. The lowest BCUT2D eigenvalue weighted by Gasteiger charge is -2.09. The number of aromatic nitrogens is 1. The van der Waals surface area contributed by atoms with Crippen molar-refractivity contribution in [3.05, 3.63) is 60.3 Å². The fourth-order valence-corrected chi connectivity index (χ4v) is 2.41. The number of rotatable bonds is 4. The van der Waals surface area contributed by atoms with Crippen molar-refractivity contribution in [1.82, 2.24) is 4.98 Å². The average Bonchev–Trinajstić information content (AvgIpc) is 2.97. The van der Waals surface area contributed by atoms with E-state index in [0.717, 1.165) is 27.9 Å². The quantitative estimate of drug-likeness (QED) is 0.770. The van der Waals surface area contributed by atoms with E-state index in [1.807, 2.05) is 54.7 Å². The number of amides is 1. The maximum absolute atomic E-state index is 12.2. The highest BCUT2D eigenvalue weighted by atomic mass is 16.5. The molecule has 0 atom stereocenters. The highest BCUT2D eigenvalue weighted by Crippen LogP contribution is 2.23. The van der Waals surface area contributed by atoms with E-state index >= 15 is 0 Å². The van der Waals surface area contributed by atoms with E-state index in [2.05, 4.69) is 10.3 Å². The largest absolute Gasteiger partial charge is 0.496 e. The summed E-state index contributed by atoms with van der Waals surface area (Å²) in [6.07, 6.45) is 2.14. The fraction of sp³-hybridized carbons (Fsp3) is 0.118. The third-order valence-corrected chi connectivity index (χ3v) is 3.41. The molecule has 0 aliphatic carbocycles. The smallest absolute Gasteiger partial charge is 0.228 e. The van der Waals surface area contributed by atoms with Gasteiger partial charge in [0.25, 0.3) is 0 Å². The Morgan fingerprint density at radius 3 is 2.86 bits per heavy atom. The molecule has 0 radical (unpaired) electrons. The standard InChI is InChI=1S/C17H16N2O2/c1-21-16-8-3-2-5-12(16)11-17(20)19-15-7-4-6-14-13(15)9-10-18-14/h2-10,18H,11H2,1H3,(H,19,20). The van der Waals surface area contributed by atoms with E-state index < -0.39 is 0 Å². The first-order valence-corrected chi connectivity index (χ1v) is 6.76. The summed E-state index contributed by atoms with van der Waals surface area (Å²) < 4.78 is 5.27. The molecule has 1 heterocycles. The minimum Gasteiger partial charge on any atom is -0.496 e. The molecule has 4 heteroatoms.